The Kier molecular flexibility index (Phi) is 11.5. The zero-order valence-corrected chi connectivity index (χ0v) is 32.7. The maximum absolute atomic E-state index is 12.1. The van der Waals surface area contributed by atoms with Crippen LogP contribution in [-0.4, -0.2) is 67.5 Å². The molecular formula is C38H57N5O6Si. The fraction of sp³-hybridized carbons (Fsp3) is 0.632. The summed E-state index contributed by atoms with van der Waals surface area (Å²) in [4.78, 5) is 22.5. The van der Waals surface area contributed by atoms with Gasteiger partial charge >= 0.3 is 6.09 Å². The standard InChI is InChI=1S/C38H57N5O6Si/c1-24-31(30-25(2)48-43-32(30)26-16-17-26)40-35(41-34(24)39-27-18-22-45-23-19-27)28-14-13-15-29(33(28)49-50(9,10)38(6,7)8)46-20-11-12-21-47-36(44)42-37(3,4)5/h13-15,26-27H,11-12,16-23H2,1-10H3,(H,42,44)(H,39,40,41). The number of amides is 1. The van der Waals surface area contributed by atoms with Crippen molar-refractivity contribution in [3.63, 3.8) is 0 Å². The molecule has 0 atom stereocenters. The number of nitrogens with zero attached hydrogens (tertiary/aromatic N) is 3. The first-order chi connectivity index (χ1) is 23.5. The molecule has 2 aromatic heterocycles. The summed E-state index contributed by atoms with van der Waals surface area (Å²) in [6.07, 6.45) is 4.97. The summed E-state index contributed by atoms with van der Waals surface area (Å²) < 4.78 is 30.3. The molecule has 2 N–H and O–H groups in total. The first kappa shape index (κ1) is 37.6. The zero-order valence-electron chi connectivity index (χ0n) is 31.7. The van der Waals surface area contributed by atoms with E-state index in [1.54, 1.807) is 0 Å². The van der Waals surface area contributed by atoms with Crippen LogP contribution in [0.25, 0.3) is 22.6 Å². The van der Waals surface area contributed by atoms with E-state index in [0.29, 0.717) is 49.3 Å². The second-order valence-corrected chi connectivity index (χ2v) is 21.0. The highest BCUT2D eigenvalue weighted by molar-refractivity contribution is 6.74. The maximum Gasteiger partial charge on any atom is 0.407 e. The van der Waals surface area contributed by atoms with Crippen LogP contribution < -0.4 is 19.8 Å². The number of unbranched alkanes of at least 4 members (excludes halogenated alkanes) is 1. The van der Waals surface area contributed by atoms with Crippen LogP contribution >= 0.6 is 0 Å². The molecule has 11 nitrogen and oxygen atoms in total. The van der Waals surface area contributed by atoms with Gasteiger partial charge in [-0.2, -0.15) is 0 Å². The number of ether oxygens (including phenoxy) is 3. The fourth-order valence-corrected chi connectivity index (χ4v) is 6.61. The van der Waals surface area contributed by atoms with Gasteiger partial charge in [0.25, 0.3) is 8.32 Å². The highest BCUT2D eigenvalue weighted by atomic mass is 28.4. The van der Waals surface area contributed by atoms with E-state index in [-0.39, 0.29) is 16.6 Å². The number of carbonyl (C=O) groups is 1. The molecule has 1 saturated heterocycles. The van der Waals surface area contributed by atoms with Crippen molar-refractivity contribution in [2.45, 2.75) is 130 Å². The molecule has 2 aliphatic rings. The molecule has 3 heterocycles. The van der Waals surface area contributed by atoms with Crippen LogP contribution in [0, 0.1) is 13.8 Å². The smallest absolute Gasteiger partial charge is 0.407 e. The molecule has 1 aliphatic carbocycles. The van der Waals surface area contributed by atoms with Crippen molar-refractivity contribution >= 4 is 20.2 Å². The van der Waals surface area contributed by atoms with Crippen molar-refractivity contribution in [2.75, 3.05) is 31.7 Å². The first-order valence-corrected chi connectivity index (χ1v) is 21.0. The Bertz CT molecular complexity index is 1630. The second-order valence-electron chi connectivity index (χ2n) is 16.2. The van der Waals surface area contributed by atoms with Crippen LogP contribution in [0.3, 0.4) is 0 Å². The summed E-state index contributed by atoms with van der Waals surface area (Å²) in [6, 6.07) is 6.18. The molecule has 1 aliphatic heterocycles. The van der Waals surface area contributed by atoms with Crippen molar-refractivity contribution in [3.8, 4) is 34.1 Å². The van der Waals surface area contributed by atoms with Crippen LogP contribution in [0.2, 0.25) is 18.1 Å². The number of aromatic nitrogens is 3. The molecule has 1 saturated carbocycles. The van der Waals surface area contributed by atoms with Gasteiger partial charge in [-0.1, -0.05) is 32.0 Å². The molecule has 1 aromatic carbocycles. The minimum Gasteiger partial charge on any atom is -0.541 e. The zero-order chi connectivity index (χ0) is 36.3. The summed E-state index contributed by atoms with van der Waals surface area (Å²) in [6.45, 7) is 23.1. The molecule has 274 valence electrons. The summed E-state index contributed by atoms with van der Waals surface area (Å²) in [7, 11) is -2.34. The Balaban J connectivity index is 1.50. The highest BCUT2D eigenvalue weighted by Gasteiger charge is 2.41. The van der Waals surface area contributed by atoms with Gasteiger partial charge in [-0.25, -0.2) is 14.8 Å². The van der Waals surface area contributed by atoms with E-state index >= 15 is 0 Å². The molecule has 1 amide bonds. The van der Waals surface area contributed by atoms with Crippen LogP contribution in [0.5, 0.6) is 11.5 Å². The van der Waals surface area contributed by atoms with Crippen molar-refractivity contribution in [1.29, 1.82) is 0 Å². The Morgan fingerprint density at radius 3 is 2.34 bits per heavy atom. The molecule has 5 rings (SSSR count). The number of rotatable bonds is 13. The summed E-state index contributed by atoms with van der Waals surface area (Å²) in [5, 5.41) is 11.0. The molecular weight excluding hydrogens is 651 g/mol. The predicted octanol–water partition coefficient (Wildman–Crippen LogP) is 8.95. The van der Waals surface area contributed by atoms with Gasteiger partial charge in [0.1, 0.15) is 11.6 Å². The number of carbonyl (C=O) groups excluding carboxylic acids is 1. The summed E-state index contributed by atoms with van der Waals surface area (Å²) in [5.41, 5.74) is 4.15. The second kappa shape index (κ2) is 15.3. The van der Waals surface area contributed by atoms with Gasteiger partial charge in [0.15, 0.2) is 17.3 Å². The van der Waals surface area contributed by atoms with Crippen LogP contribution in [-0.2, 0) is 9.47 Å². The van der Waals surface area contributed by atoms with Crippen LogP contribution in [0.15, 0.2) is 22.7 Å². The third kappa shape index (κ3) is 9.37. The first-order valence-electron chi connectivity index (χ1n) is 18.1. The maximum atomic E-state index is 12.1. The average Bonchev–Trinajstić information content (AvgIpc) is 3.80. The molecule has 50 heavy (non-hydrogen) atoms. The number of aryl methyl sites for hydroxylation is 1. The normalized spacial score (nSPS) is 15.9. The molecule has 0 bridgehead atoms. The van der Waals surface area contributed by atoms with E-state index in [1.807, 2.05) is 45.9 Å². The SMILES string of the molecule is Cc1onc(C2CC2)c1-c1nc(-c2cccc(OCCCCOC(=O)NC(C)(C)C)c2O[Si](C)(C)C(C)(C)C)nc(NC2CCOCC2)c1C. The molecule has 3 aromatic rings. The number of alkyl carbamates (subject to hydrolysis) is 1. The van der Waals surface area contributed by atoms with Crippen LogP contribution in [0.4, 0.5) is 10.6 Å². The Morgan fingerprint density at radius 2 is 1.68 bits per heavy atom. The van der Waals surface area contributed by atoms with Gasteiger partial charge in [-0.05, 0) is 103 Å². The predicted molar refractivity (Wildman–Crippen MR) is 199 cm³/mol. The molecule has 2 fully saturated rings. The number of nitrogens with one attached hydrogen (secondary N) is 2. The highest BCUT2D eigenvalue weighted by Crippen LogP contribution is 2.48. The van der Waals surface area contributed by atoms with E-state index in [0.717, 1.165) is 78.6 Å². The van der Waals surface area contributed by atoms with Crippen molar-refractivity contribution in [2.24, 2.45) is 0 Å². The summed E-state index contributed by atoms with van der Waals surface area (Å²) in [5.74, 6) is 3.78. The Hall–Kier alpha value is -3.64. The van der Waals surface area contributed by atoms with Gasteiger partial charge in [-0.15, -0.1) is 0 Å². The third-order valence-electron chi connectivity index (χ3n) is 9.69. The monoisotopic (exact) mass is 707 g/mol. The molecule has 0 unspecified atom stereocenters. The molecule has 0 spiro atoms. The van der Waals surface area contributed by atoms with Gasteiger partial charge in [-0.3, -0.25) is 0 Å². The number of hydrogen-bond acceptors (Lipinski definition) is 10. The van der Waals surface area contributed by atoms with Crippen molar-refractivity contribution in [1.82, 2.24) is 20.4 Å². The van der Waals surface area contributed by atoms with Crippen LogP contribution in [0.1, 0.15) is 103 Å². The third-order valence-corrected chi connectivity index (χ3v) is 14.0. The van der Waals surface area contributed by atoms with E-state index in [2.05, 4.69) is 56.6 Å². The number of hydrogen-bond donors (Lipinski definition) is 2. The van der Waals surface area contributed by atoms with Gasteiger partial charge in [0, 0.05) is 36.3 Å². The fourth-order valence-electron chi connectivity index (χ4n) is 5.58. The minimum atomic E-state index is -2.34. The lowest BCUT2D eigenvalue weighted by molar-refractivity contribution is 0.0903. The lowest BCUT2D eigenvalue weighted by Gasteiger charge is -2.37. The van der Waals surface area contributed by atoms with Crippen molar-refractivity contribution < 1.29 is 28.0 Å². The van der Waals surface area contributed by atoms with Gasteiger partial charge in [0.05, 0.1) is 35.7 Å². The van der Waals surface area contributed by atoms with Crippen molar-refractivity contribution in [3.05, 3.63) is 35.2 Å². The van der Waals surface area contributed by atoms with E-state index in [4.69, 9.17) is 33.1 Å². The quantitative estimate of drug-likeness (QED) is 0.131. The lowest BCUT2D eigenvalue weighted by atomic mass is 10.0. The summed E-state index contributed by atoms with van der Waals surface area (Å²) >= 11 is 0. The number of anilines is 1. The largest absolute Gasteiger partial charge is 0.541 e. The minimum absolute atomic E-state index is 0.0594. The molecule has 12 heteroatoms. The Morgan fingerprint density at radius 1 is 0.980 bits per heavy atom. The van der Waals surface area contributed by atoms with Gasteiger partial charge < -0.3 is 33.8 Å². The van der Waals surface area contributed by atoms with E-state index < -0.39 is 14.4 Å². The van der Waals surface area contributed by atoms with E-state index in [9.17, 15) is 4.79 Å². The average molecular weight is 708 g/mol. The van der Waals surface area contributed by atoms with E-state index in [1.165, 1.54) is 0 Å². The number of benzene rings is 1. The Labute approximate surface area is 298 Å². The lowest BCUT2D eigenvalue weighted by Crippen LogP contribution is -2.44. The molecule has 0 radical (unpaired) electrons. The number of para-hydroxylation sites is 1. The topological polar surface area (TPSA) is 130 Å². The van der Waals surface area contributed by atoms with Gasteiger partial charge in [0.2, 0.25) is 0 Å².